The summed E-state index contributed by atoms with van der Waals surface area (Å²) in [6.07, 6.45) is 19.1. The van der Waals surface area contributed by atoms with E-state index in [2.05, 4.69) is 33.8 Å². The van der Waals surface area contributed by atoms with Gasteiger partial charge in [0.25, 0.3) is 0 Å². The summed E-state index contributed by atoms with van der Waals surface area (Å²) < 4.78 is 35.5. The van der Waals surface area contributed by atoms with Crippen LogP contribution in [-0.2, 0) is 54.4 Å². The number of rotatable bonds is 34. The molecule has 0 spiro atoms. The Hall–Kier alpha value is -2.56. The van der Waals surface area contributed by atoms with Crippen LogP contribution in [0.4, 0.5) is 0 Å². The van der Waals surface area contributed by atoms with E-state index in [-0.39, 0.29) is 13.2 Å². The molecule has 48 heavy (non-hydrogen) atoms. The van der Waals surface area contributed by atoms with Crippen molar-refractivity contribution in [2.75, 3.05) is 92.5 Å². The van der Waals surface area contributed by atoms with Crippen LogP contribution in [0.5, 0.6) is 0 Å². The summed E-state index contributed by atoms with van der Waals surface area (Å²) in [6, 6.07) is 0. The van der Waals surface area contributed by atoms with E-state index in [9.17, 15) is 0 Å². The Morgan fingerprint density at radius 3 is 1.21 bits per heavy atom. The molecule has 14 nitrogen and oxygen atoms in total. The number of aliphatic hydroxyl groups is 2. The van der Waals surface area contributed by atoms with Gasteiger partial charge in [0.2, 0.25) is 0 Å². The molecule has 0 aromatic carbocycles. The van der Waals surface area contributed by atoms with E-state index in [0.717, 1.165) is 49.9 Å². The highest BCUT2D eigenvalue weighted by Crippen LogP contribution is 2.06. The van der Waals surface area contributed by atoms with Crippen LogP contribution in [0, 0.1) is 0 Å². The minimum atomic E-state index is 0.0441. The fourth-order valence-corrected chi connectivity index (χ4v) is 4.20. The van der Waals surface area contributed by atoms with Gasteiger partial charge in [0.15, 0.2) is 0 Å². The number of nitrogens with zero attached hydrogens (tertiary/aromatic N) is 6. The molecule has 2 N–H and O–H groups in total. The standard InChI is InChI=1S/2C17H31N3O4/c2*1-2-3-4-5-6-7-17-16-20(19-18-17)8-10-22-12-14-24-15-13-23-11-9-21/h2*2,16,21H,1,3-15H2. The lowest BCUT2D eigenvalue weighted by Crippen LogP contribution is -2.13. The fraction of sp³-hybridized carbons (Fsp3) is 0.765. The molecule has 276 valence electrons. The minimum Gasteiger partial charge on any atom is -0.394 e. The van der Waals surface area contributed by atoms with Gasteiger partial charge in [0, 0.05) is 12.4 Å². The normalized spacial score (nSPS) is 11.0. The van der Waals surface area contributed by atoms with Crippen LogP contribution in [0.3, 0.4) is 0 Å². The SMILES string of the molecule is C=CCCCCCc1cn(CCOCCOCCOCCO)nn1.C=CCCCCCc1cn(CCOCCOCCOCCO)nn1. The van der Waals surface area contributed by atoms with Crippen LogP contribution >= 0.6 is 0 Å². The molecule has 0 fully saturated rings. The average molecular weight is 683 g/mol. The highest BCUT2D eigenvalue weighted by atomic mass is 16.6. The zero-order valence-corrected chi connectivity index (χ0v) is 29.1. The van der Waals surface area contributed by atoms with E-state index in [1.54, 1.807) is 0 Å². The Bertz CT molecular complexity index is 901. The number of hydrogen-bond donors (Lipinski definition) is 2. The summed E-state index contributed by atoms with van der Waals surface area (Å²) in [4.78, 5) is 0. The molecule has 0 aliphatic carbocycles. The summed E-state index contributed by atoms with van der Waals surface area (Å²) in [5.41, 5.74) is 2.08. The van der Waals surface area contributed by atoms with Crippen molar-refractivity contribution >= 4 is 0 Å². The Balaban J connectivity index is 0.000000480. The summed E-state index contributed by atoms with van der Waals surface area (Å²) in [5, 5.41) is 33.6. The van der Waals surface area contributed by atoms with E-state index in [4.69, 9.17) is 38.6 Å². The first kappa shape index (κ1) is 43.5. The maximum absolute atomic E-state index is 8.53. The maximum atomic E-state index is 8.53. The number of hydrogen-bond acceptors (Lipinski definition) is 12. The number of allylic oxidation sites excluding steroid dienone is 2. The molecular formula is C34H62N6O8. The topological polar surface area (TPSA) is 157 Å². The number of aliphatic hydroxyl groups excluding tert-OH is 2. The largest absolute Gasteiger partial charge is 0.394 e. The zero-order chi connectivity index (χ0) is 34.6. The summed E-state index contributed by atoms with van der Waals surface area (Å²) in [7, 11) is 0. The minimum absolute atomic E-state index is 0.0441. The van der Waals surface area contributed by atoms with E-state index in [0.29, 0.717) is 92.4 Å². The third kappa shape index (κ3) is 27.4. The molecular weight excluding hydrogens is 620 g/mol. The van der Waals surface area contributed by atoms with E-state index < -0.39 is 0 Å². The van der Waals surface area contributed by atoms with Gasteiger partial charge in [-0.05, 0) is 51.4 Å². The van der Waals surface area contributed by atoms with Crippen LogP contribution in [-0.4, -0.2) is 133 Å². The van der Waals surface area contributed by atoms with Crippen molar-refractivity contribution in [3.63, 3.8) is 0 Å². The van der Waals surface area contributed by atoms with Gasteiger partial charge < -0.3 is 38.6 Å². The van der Waals surface area contributed by atoms with Crippen LogP contribution in [0.15, 0.2) is 37.7 Å². The predicted octanol–water partition coefficient (Wildman–Crippen LogP) is 3.22. The van der Waals surface area contributed by atoms with Gasteiger partial charge >= 0.3 is 0 Å². The summed E-state index contributed by atoms with van der Waals surface area (Å²) in [5.74, 6) is 0. The number of aryl methyl sites for hydroxylation is 2. The van der Waals surface area contributed by atoms with Gasteiger partial charge in [-0.3, -0.25) is 0 Å². The molecule has 2 aromatic rings. The first-order chi connectivity index (χ1) is 23.7. The van der Waals surface area contributed by atoms with Crippen molar-refractivity contribution in [1.82, 2.24) is 30.0 Å². The predicted molar refractivity (Wildman–Crippen MR) is 184 cm³/mol. The van der Waals surface area contributed by atoms with Crippen LogP contribution in [0.1, 0.15) is 62.8 Å². The molecule has 0 saturated heterocycles. The van der Waals surface area contributed by atoms with Crippen LogP contribution in [0.2, 0.25) is 0 Å². The molecule has 14 heteroatoms. The van der Waals surface area contributed by atoms with Gasteiger partial charge in [-0.15, -0.1) is 23.4 Å². The molecule has 0 radical (unpaired) electrons. The van der Waals surface area contributed by atoms with Crippen molar-refractivity contribution in [3.8, 4) is 0 Å². The summed E-state index contributed by atoms with van der Waals surface area (Å²) >= 11 is 0. The van der Waals surface area contributed by atoms with Crippen molar-refractivity contribution in [1.29, 1.82) is 0 Å². The van der Waals surface area contributed by atoms with Crippen molar-refractivity contribution in [2.24, 2.45) is 0 Å². The second-order valence-electron chi connectivity index (χ2n) is 10.8. The lowest BCUT2D eigenvalue weighted by atomic mass is 10.1. The molecule has 0 bridgehead atoms. The van der Waals surface area contributed by atoms with Gasteiger partial charge in [-0.1, -0.05) is 35.4 Å². The highest BCUT2D eigenvalue weighted by molar-refractivity contribution is 4.93. The van der Waals surface area contributed by atoms with Crippen molar-refractivity contribution in [2.45, 2.75) is 77.3 Å². The molecule has 0 unspecified atom stereocenters. The summed E-state index contributed by atoms with van der Waals surface area (Å²) in [6.45, 7) is 15.0. The molecule has 0 aliphatic rings. The van der Waals surface area contributed by atoms with Gasteiger partial charge in [0.1, 0.15) is 0 Å². The number of ether oxygens (including phenoxy) is 6. The highest BCUT2D eigenvalue weighted by Gasteiger charge is 2.02. The first-order valence-corrected chi connectivity index (χ1v) is 17.4. The first-order valence-electron chi connectivity index (χ1n) is 17.4. The van der Waals surface area contributed by atoms with Crippen LogP contribution < -0.4 is 0 Å². The second kappa shape index (κ2) is 34.3. The molecule has 2 heterocycles. The monoisotopic (exact) mass is 682 g/mol. The van der Waals surface area contributed by atoms with Gasteiger partial charge in [-0.2, -0.15) is 0 Å². The lowest BCUT2D eigenvalue weighted by Gasteiger charge is -2.06. The van der Waals surface area contributed by atoms with Gasteiger partial charge in [-0.25, -0.2) is 9.36 Å². The molecule has 2 rings (SSSR count). The third-order valence-electron chi connectivity index (χ3n) is 6.74. The Labute approximate surface area is 287 Å². The van der Waals surface area contributed by atoms with Crippen molar-refractivity contribution < 1.29 is 38.6 Å². The third-order valence-corrected chi connectivity index (χ3v) is 6.74. The zero-order valence-electron chi connectivity index (χ0n) is 29.1. The van der Waals surface area contributed by atoms with Crippen molar-refractivity contribution in [3.05, 3.63) is 49.1 Å². The molecule has 0 amide bonds. The lowest BCUT2D eigenvalue weighted by molar-refractivity contribution is 0.00628. The van der Waals surface area contributed by atoms with Gasteiger partial charge in [0.05, 0.1) is 117 Å². The second-order valence-corrected chi connectivity index (χ2v) is 10.8. The van der Waals surface area contributed by atoms with Crippen LogP contribution in [0.25, 0.3) is 0 Å². The molecule has 0 atom stereocenters. The Morgan fingerprint density at radius 2 is 0.854 bits per heavy atom. The number of aromatic nitrogens is 6. The smallest absolute Gasteiger partial charge is 0.0827 e. The Morgan fingerprint density at radius 1 is 0.500 bits per heavy atom. The van der Waals surface area contributed by atoms with E-state index in [1.807, 2.05) is 33.9 Å². The van der Waals surface area contributed by atoms with E-state index in [1.165, 1.54) is 25.7 Å². The molecule has 2 aromatic heterocycles. The maximum Gasteiger partial charge on any atom is 0.0827 e. The fourth-order valence-electron chi connectivity index (χ4n) is 4.20. The molecule has 0 aliphatic heterocycles. The van der Waals surface area contributed by atoms with E-state index >= 15 is 0 Å². The molecule has 0 saturated carbocycles. The Kier molecular flexibility index (Phi) is 31.1. The average Bonchev–Trinajstić information content (AvgIpc) is 3.76. The quantitative estimate of drug-likeness (QED) is 0.0822. The number of unbranched alkanes of at least 4 members (excludes halogenated alkanes) is 6.